The minimum Gasteiger partial charge on any atom is -0.481 e. The molecule has 90 valence electrons. The zero-order valence-corrected chi connectivity index (χ0v) is 10.3. The molecule has 1 aromatic rings. The van der Waals surface area contributed by atoms with Gasteiger partial charge in [-0.25, -0.2) is 4.98 Å². The molecular formula is C11H19N3O2. The van der Waals surface area contributed by atoms with Crippen molar-refractivity contribution in [3.63, 3.8) is 0 Å². The van der Waals surface area contributed by atoms with Crippen LogP contribution in [0.2, 0.25) is 0 Å². The molecule has 1 heterocycles. The SMILES string of the molecule is CCC(CC)(Cc1nc(C)nn1C)C(=O)O. The summed E-state index contributed by atoms with van der Waals surface area (Å²) >= 11 is 0. The van der Waals surface area contributed by atoms with Gasteiger partial charge in [0.1, 0.15) is 11.6 Å². The Morgan fingerprint density at radius 1 is 1.44 bits per heavy atom. The standard InChI is InChI=1S/C11H19N3O2/c1-5-11(6-2,10(15)16)7-9-12-8(3)13-14(9)4/h5-7H2,1-4H3,(H,15,16). The maximum atomic E-state index is 11.3. The molecule has 0 aliphatic carbocycles. The average Bonchev–Trinajstić information content (AvgIpc) is 2.53. The third-order valence-electron chi connectivity index (χ3n) is 3.26. The van der Waals surface area contributed by atoms with Gasteiger partial charge in [-0.3, -0.25) is 9.48 Å². The van der Waals surface area contributed by atoms with E-state index in [1.807, 2.05) is 20.8 Å². The third-order valence-corrected chi connectivity index (χ3v) is 3.26. The van der Waals surface area contributed by atoms with Crippen molar-refractivity contribution < 1.29 is 9.90 Å². The van der Waals surface area contributed by atoms with Crippen molar-refractivity contribution in [1.29, 1.82) is 0 Å². The van der Waals surface area contributed by atoms with E-state index >= 15 is 0 Å². The lowest BCUT2D eigenvalue weighted by Gasteiger charge is -2.25. The molecule has 0 saturated carbocycles. The molecule has 0 unspecified atom stereocenters. The molecule has 0 fully saturated rings. The van der Waals surface area contributed by atoms with Crippen LogP contribution in [-0.2, 0) is 18.3 Å². The summed E-state index contributed by atoms with van der Waals surface area (Å²) in [6.07, 6.45) is 1.64. The van der Waals surface area contributed by atoms with Crippen molar-refractivity contribution in [1.82, 2.24) is 14.8 Å². The fraction of sp³-hybridized carbons (Fsp3) is 0.727. The first-order valence-electron chi connectivity index (χ1n) is 5.55. The van der Waals surface area contributed by atoms with E-state index in [-0.39, 0.29) is 0 Å². The number of aliphatic carboxylic acids is 1. The van der Waals surface area contributed by atoms with E-state index in [0.29, 0.717) is 25.1 Å². The molecule has 0 amide bonds. The molecule has 0 atom stereocenters. The highest BCUT2D eigenvalue weighted by Gasteiger charge is 2.36. The number of hydrogen-bond donors (Lipinski definition) is 1. The fourth-order valence-electron chi connectivity index (χ4n) is 1.89. The van der Waals surface area contributed by atoms with Crippen LogP contribution in [0.1, 0.15) is 38.3 Å². The minimum atomic E-state index is -0.752. The molecular weight excluding hydrogens is 206 g/mol. The number of carbonyl (C=O) groups is 1. The molecule has 5 nitrogen and oxygen atoms in total. The molecule has 16 heavy (non-hydrogen) atoms. The molecule has 0 bridgehead atoms. The van der Waals surface area contributed by atoms with Crippen molar-refractivity contribution >= 4 is 5.97 Å². The molecule has 0 spiro atoms. The molecule has 1 aromatic heterocycles. The number of aromatic nitrogens is 3. The predicted octanol–water partition coefficient (Wildman–Crippen LogP) is 1.56. The quantitative estimate of drug-likeness (QED) is 0.825. The van der Waals surface area contributed by atoms with Crippen molar-refractivity contribution in [2.75, 3.05) is 0 Å². The molecule has 0 radical (unpaired) electrons. The Kier molecular flexibility index (Phi) is 3.67. The van der Waals surface area contributed by atoms with Gasteiger partial charge < -0.3 is 5.11 Å². The number of carboxylic acids is 1. The molecule has 0 aliphatic heterocycles. The fourth-order valence-corrected chi connectivity index (χ4v) is 1.89. The molecule has 1 rings (SSSR count). The largest absolute Gasteiger partial charge is 0.481 e. The van der Waals surface area contributed by atoms with E-state index in [1.165, 1.54) is 0 Å². The number of rotatable bonds is 5. The summed E-state index contributed by atoms with van der Waals surface area (Å²) < 4.78 is 1.67. The van der Waals surface area contributed by atoms with Gasteiger partial charge in [-0.15, -0.1) is 0 Å². The minimum absolute atomic E-state index is 0.437. The normalized spacial score (nSPS) is 11.8. The van der Waals surface area contributed by atoms with Gasteiger partial charge in [0.25, 0.3) is 0 Å². The lowest BCUT2D eigenvalue weighted by atomic mass is 9.79. The van der Waals surface area contributed by atoms with Crippen LogP contribution in [-0.4, -0.2) is 25.8 Å². The first-order chi connectivity index (χ1) is 7.45. The van der Waals surface area contributed by atoms with Crippen LogP contribution in [0.25, 0.3) is 0 Å². The van der Waals surface area contributed by atoms with Gasteiger partial charge in [0.2, 0.25) is 0 Å². The van der Waals surface area contributed by atoms with E-state index in [2.05, 4.69) is 10.1 Å². The Hall–Kier alpha value is -1.39. The van der Waals surface area contributed by atoms with Crippen LogP contribution in [0.5, 0.6) is 0 Å². The van der Waals surface area contributed by atoms with Gasteiger partial charge in [-0.05, 0) is 19.8 Å². The summed E-state index contributed by atoms with van der Waals surface area (Å²) in [6.45, 7) is 5.62. The van der Waals surface area contributed by atoms with Gasteiger partial charge in [0, 0.05) is 13.5 Å². The second-order valence-corrected chi connectivity index (χ2v) is 4.17. The van der Waals surface area contributed by atoms with Crippen LogP contribution in [0.4, 0.5) is 0 Å². The van der Waals surface area contributed by atoms with Crippen molar-refractivity contribution in [2.24, 2.45) is 12.5 Å². The van der Waals surface area contributed by atoms with Crippen LogP contribution in [0.15, 0.2) is 0 Å². The predicted molar refractivity (Wildman–Crippen MR) is 60.1 cm³/mol. The highest BCUT2D eigenvalue weighted by atomic mass is 16.4. The van der Waals surface area contributed by atoms with Crippen molar-refractivity contribution in [3.05, 3.63) is 11.6 Å². The number of nitrogens with zero attached hydrogens (tertiary/aromatic N) is 3. The highest BCUT2D eigenvalue weighted by molar-refractivity contribution is 5.74. The average molecular weight is 225 g/mol. The maximum absolute atomic E-state index is 11.3. The molecule has 0 aromatic carbocycles. The molecule has 0 aliphatic rings. The summed E-state index contributed by atoms with van der Waals surface area (Å²) in [7, 11) is 1.80. The van der Waals surface area contributed by atoms with E-state index in [4.69, 9.17) is 0 Å². The zero-order chi connectivity index (χ0) is 12.3. The number of carboxylic acid groups (broad SMARTS) is 1. The Morgan fingerprint density at radius 3 is 2.31 bits per heavy atom. The van der Waals surface area contributed by atoms with Gasteiger partial charge >= 0.3 is 5.97 Å². The van der Waals surface area contributed by atoms with Crippen molar-refractivity contribution in [2.45, 2.75) is 40.0 Å². The van der Waals surface area contributed by atoms with E-state index < -0.39 is 11.4 Å². The third kappa shape index (κ3) is 2.23. The van der Waals surface area contributed by atoms with E-state index in [1.54, 1.807) is 11.7 Å². The van der Waals surface area contributed by atoms with Gasteiger partial charge in [-0.1, -0.05) is 13.8 Å². The smallest absolute Gasteiger partial charge is 0.310 e. The van der Waals surface area contributed by atoms with Crippen molar-refractivity contribution in [3.8, 4) is 0 Å². The summed E-state index contributed by atoms with van der Waals surface area (Å²) in [6, 6.07) is 0. The number of hydrogen-bond acceptors (Lipinski definition) is 3. The Bertz CT molecular complexity index is 381. The van der Waals surface area contributed by atoms with Crippen LogP contribution < -0.4 is 0 Å². The second-order valence-electron chi connectivity index (χ2n) is 4.17. The van der Waals surface area contributed by atoms with Gasteiger partial charge in [-0.2, -0.15) is 5.10 Å². The summed E-state index contributed by atoms with van der Waals surface area (Å²) in [5, 5.41) is 13.5. The molecule has 1 N–H and O–H groups in total. The van der Waals surface area contributed by atoms with Crippen LogP contribution >= 0.6 is 0 Å². The summed E-state index contributed by atoms with van der Waals surface area (Å²) in [5.41, 5.74) is -0.715. The zero-order valence-electron chi connectivity index (χ0n) is 10.3. The Balaban J connectivity index is 3.00. The lowest BCUT2D eigenvalue weighted by Crippen LogP contribution is -2.33. The highest BCUT2D eigenvalue weighted by Crippen LogP contribution is 2.30. The molecule has 0 saturated heterocycles. The van der Waals surface area contributed by atoms with E-state index in [0.717, 1.165) is 5.82 Å². The Labute approximate surface area is 95.5 Å². The summed E-state index contributed by atoms with van der Waals surface area (Å²) in [4.78, 5) is 15.6. The summed E-state index contributed by atoms with van der Waals surface area (Å²) in [5.74, 6) is 0.672. The van der Waals surface area contributed by atoms with Crippen LogP contribution in [0, 0.1) is 12.3 Å². The number of aryl methyl sites for hydroxylation is 2. The van der Waals surface area contributed by atoms with Gasteiger partial charge in [0.15, 0.2) is 0 Å². The topological polar surface area (TPSA) is 68.0 Å². The molecule has 5 heteroatoms. The maximum Gasteiger partial charge on any atom is 0.310 e. The Morgan fingerprint density at radius 2 is 2.00 bits per heavy atom. The van der Waals surface area contributed by atoms with Gasteiger partial charge in [0.05, 0.1) is 5.41 Å². The first-order valence-corrected chi connectivity index (χ1v) is 5.55. The van der Waals surface area contributed by atoms with E-state index in [9.17, 15) is 9.90 Å². The monoisotopic (exact) mass is 225 g/mol. The second kappa shape index (κ2) is 4.63. The first kappa shape index (κ1) is 12.7. The lowest BCUT2D eigenvalue weighted by molar-refractivity contribution is -0.149. The van der Waals surface area contributed by atoms with Crippen LogP contribution in [0.3, 0.4) is 0 Å².